The SMILES string of the molecule is CC1C=NN(C)C(=O)C1I. The highest BCUT2D eigenvalue weighted by atomic mass is 127. The van der Waals surface area contributed by atoms with E-state index in [0.717, 1.165) is 0 Å². The Bertz CT molecular complexity index is 181. The Balaban J connectivity index is 2.79. The van der Waals surface area contributed by atoms with Crippen molar-refractivity contribution in [2.24, 2.45) is 11.0 Å². The molecule has 0 fully saturated rings. The van der Waals surface area contributed by atoms with Gasteiger partial charge in [-0.25, -0.2) is 5.01 Å². The number of nitrogens with zero attached hydrogens (tertiary/aromatic N) is 2. The number of hydrazone groups is 1. The first kappa shape index (κ1) is 7.97. The number of hydrogen-bond donors (Lipinski definition) is 0. The lowest BCUT2D eigenvalue weighted by Gasteiger charge is -2.23. The maximum absolute atomic E-state index is 11.1. The van der Waals surface area contributed by atoms with E-state index in [-0.39, 0.29) is 15.7 Å². The zero-order chi connectivity index (χ0) is 7.72. The topological polar surface area (TPSA) is 32.7 Å². The van der Waals surface area contributed by atoms with Gasteiger partial charge in [0.05, 0.1) is 3.92 Å². The molecule has 0 saturated heterocycles. The summed E-state index contributed by atoms with van der Waals surface area (Å²) in [6, 6.07) is 0. The molecule has 1 aliphatic rings. The lowest BCUT2D eigenvalue weighted by molar-refractivity contribution is -0.129. The second kappa shape index (κ2) is 2.86. The molecule has 0 N–H and O–H groups in total. The van der Waals surface area contributed by atoms with Crippen molar-refractivity contribution < 1.29 is 4.79 Å². The van der Waals surface area contributed by atoms with Gasteiger partial charge in [-0.15, -0.1) is 0 Å². The third kappa shape index (κ3) is 1.31. The summed E-state index contributed by atoms with van der Waals surface area (Å²) in [5.74, 6) is 0.361. The summed E-state index contributed by atoms with van der Waals surface area (Å²) in [5, 5.41) is 5.28. The smallest absolute Gasteiger partial charge is 0.255 e. The third-order valence-electron chi connectivity index (χ3n) is 1.49. The molecular weight excluding hydrogens is 243 g/mol. The molecule has 1 amide bonds. The van der Waals surface area contributed by atoms with Crippen LogP contribution in [0.15, 0.2) is 5.10 Å². The lowest BCUT2D eigenvalue weighted by atomic mass is 10.1. The first-order valence-electron chi connectivity index (χ1n) is 3.08. The first-order valence-corrected chi connectivity index (χ1v) is 4.33. The summed E-state index contributed by atoms with van der Waals surface area (Å²) in [6.07, 6.45) is 1.80. The molecule has 3 nitrogen and oxygen atoms in total. The summed E-state index contributed by atoms with van der Waals surface area (Å²) in [4.78, 5) is 11.1. The molecule has 10 heavy (non-hydrogen) atoms. The molecule has 1 rings (SSSR count). The summed E-state index contributed by atoms with van der Waals surface area (Å²) in [7, 11) is 1.68. The summed E-state index contributed by atoms with van der Waals surface area (Å²) < 4.78 is 0.0556. The largest absolute Gasteiger partial charge is 0.272 e. The zero-order valence-electron chi connectivity index (χ0n) is 5.91. The van der Waals surface area contributed by atoms with Gasteiger partial charge in [0.2, 0.25) is 0 Å². The van der Waals surface area contributed by atoms with Crippen LogP contribution in [0.2, 0.25) is 0 Å². The highest BCUT2D eigenvalue weighted by molar-refractivity contribution is 14.1. The molecule has 56 valence electrons. The Morgan fingerprint density at radius 3 is 2.90 bits per heavy atom. The van der Waals surface area contributed by atoms with Crippen molar-refractivity contribution in [2.45, 2.75) is 10.8 Å². The molecule has 2 atom stereocenters. The number of amides is 1. The van der Waals surface area contributed by atoms with E-state index < -0.39 is 0 Å². The third-order valence-corrected chi connectivity index (χ3v) is 3.16. The van der Waals surface area contributed by atoms with Gasteiger partial charge in [0.25, 0.3) is 5.91 Å². The van der Waals surface area contributed by atoms with E-state index in [4.69, 9.17) is 0 Å². The lowest BCUT2D eigenvalue weighted by Crippen LogP contribution is -2.38. The van der Waals surface area contributed by atoms with Gasteiger partial charge in [-0.3, -0.25) is 4.79 Å². The Hall–Kier alpha value is -0.130. The average Bonchev–Trinajstić information content (AvgIpc) is 1.93. The minimum atomic E-state index is 0.0556. The van der Waals surface area contributed by atoms with Gasteiger partial charge >= 0.3 is 0 Å². The van der Waals surface area contributed by atoms with Crippen molar-refractivity contribution in [3.8, 4) is 0 Å². The molecule has 0 aromatic heterocycles. The van der Waals surface area contributed by atoms with Gasteiger partial charge in [-0.1, -0.05) is 29.5 Å². The molecule has 2 unspecified atom stereocenters. The highest BCUT2D eigenvalue weighted by Gasteiger charge is 2.27. The second-order valence-electron chi connectivity index (χ2n) is 2.39. The number of carbonyl (C=O) groups excluding carboxylic acids is 1. The summed E-state index contributed by atoms with van der Waals surface area (Å²) in [6.45, 7) is 1.99. The van der Waals surface area contributed by atoms with Crippen LogP contribution in [0.4, 0.5) is 0 Å². The second-order valence-corrected chi connectivity index (χ2v) is 3.73. The molecule has 0 bridgehead atoms. The van der Waals surface area contributed by atoms with Crippen LogP contribution in [0.25, 0.3) is 0 Å². The van der Waals surface area contributed by atoms with E-state index >= 15 is 0 Å². The van der Waals surface area contributed by atoms with Crippen LogP contribution in [0.1, 0.15) is 6.92 Å². The number of halogens is 1. The number of hydrogen-bond acceptors (Lipinski definition) is 2. The normalized spacial score (nSPS) is 33.1. The number of rotatable bonds is 0. The monoisotopic (exact) mass is 252 g/mol. The van der Waals surface area contributed by atoms with Crippen LogP contribution in [0, 0.1) is 5.92 Å². The van der Waals surface area contributed by atoms with E-state index in [1.165, 1.54) is 5.01 Å². The number of alkyl halides is 1. The predicted octanol–water partition coefficient (Wildman–Crippen LogP) is 0.884. The standard InChI is InChI=1S/C6H9IN2O/c1-4-3-8-9(2)6(10)5(4)7/h3-5H,1-2H3. The van der Waals surface area contributed by atoms with E-state index in [1.54, 1.807) is 13.3 Å². The minimum Gasteiger partial charge on any atom is -0.272 e. The summed E-state index contributed by atoms with van der Waals surface area (Å²) in [5.41, 5.74) is 0. The molecule has 1 aliphatic heterocycles. The van der Waals surface area contributed by atoms with E-state index in [1.807, 2.05) is 6.92 Å². The van der Waals surface area contributed by atoms with E-state index in [9.17, 15) is 4.79 Å². The molecule has 0 radical (unpaired) electrons. The molecule has 1 heterocycles. The fourth-order valence-corrected chi connectivity index (χ4v) is 1.33. The molecule has 4 heteroatoms. The van der Waals surface area contributed by atoms with Crippen molar-refractivity contribution in [1.29, 1.82) is 0 Å². The molecular formula is C6H9IN2O. The Morgan fingerprint density at radius 1 is 1.80 bits per heavy atom. The van der Waals surface area contributed by atoms with Crippen LogP contribution in [-0.2, 0) is 4.79 Å². The van der Waals surface area contributed by atoms with Crippen LogP contribution in [-0.4, -0.2) is 28.1 Å². The fraction of sp³-hybridized carbons (Fsp3) is 0.667. The van der Waals surface area contributed by atoms with Crippen LogP contribution < -0.4 is 0 Å². The van der Waals surface area contributed by atoms with Gasteiger partial charge < -0.3 is 0 Å². The Labute approximate surface area is 73.6 Å². The summed E-state index contributed by atoms with van der Waals surface area (Å²) >= 11 is 2.14. The predicted molar refractivity (Wildman–Crippen MR) is 48.2 cm³/mol. The molecule has 0 aromatic rings. The van der Waals surface area contributed by atoms with Gasteiger partial charge in [-0.05, 0) is 0 Å². The number of carbonyl (C=O) groups is 1. The van der Waals surface area contributed by atoms with Crippen LogP contribution >= 0.6 is 22.6 Å². The molecule has 0 aromatic carbocycles. The minimum absolute atomic E-state index is 0.0556. The first-order chi connectivity index (χ1) is 4.63. The van der Waals surface area contributed by atoms with E-state index in [0.29, 0.717) is 0 Å². The Kier molecular flexibility index (Phi) is 2.28. The van der Waals surface area contributed by atoms with Crippen molar-refractivity contribution in [1.82, 2.24) is 5.01 Å². The maximum atomic E-state index is 11.1. The van der Waals surface area contributed by atoms with Crippen molar-refractivity contribution in [3.05, 3.63) is 0 Å². The van der Waals surface area contributed by atoms with Crippen LogP contribution in [0.3, 0.4) is 0 Å². The van der Waals surface area contributed by atoms with Gasteiger partial charge in [0.1, 0.15) is 0 Å². The zero-order valence-corrected chi connectivity index (χ0v) is 8.07. The molecule has 0 saturated carbocycles. The van der Waals surface area contributed by atoms with Gasteiger partial charge in [0, 0.05) is 19.2 Å². The Morgan fingerprint density at radius 2 is 2.40 bits per heavy atom. The maximum Gasteiger partial charge on any atom is 0.255 e. The van der Waals surface area contributed by atoms with Gasteiger partial charge in [0.15, 0.2) is 0 Å². The fourth-order valence-electron chi connectivity index (χ4n) is 0.741. The highest BCUT2D eigenvalue weighted by Crippen LogP contribution is 2.17. The van der Waals surface area contributed by atoms with Crippen LogP contribution in [0.5, 0.6) is 0 Å². The quantitative estimate of drug-likeness (QED) is 0.465. The van der Waals surface area contributed by atoms with Gasteiger partial charge in [-0.2, -0.15) is 5.10 Å². The van der Waals surface area contributed by atoms with Crippen molar-refractivity contribution in [2.75, 3.05) is 7.05 Å². The molecule has 0 spiro atoms. The van der Waals surface area contributed by atoms with E-state index in [2.05, 4.69) is 27.7 Å². The van der Waals surface area contributed by atoms with Crippen molar-refractivity contribution >= 4 is 34.7 Å². The average molecular weight is 252 g/mol. The van der Waals surface area contributed by atoms with Crippen molar-refractivity contribution in [3.63, 3.8) is 0 Å². The molecule has 0 aliphatic carbocycles.